The minimum atomic E-state index is -0.925. The van der Waals surface area contributed by atoms with Crippen LogP contribution < -0.4 is 5.32 Å². The quantitative estimate of drug-likeness (QED) is 0.498. The van der Waals surface area contributed by atoms with Crippen LogP contribution in [0.15, 0.2) is 36.8 Å². The van der Waals surface area contributed by atoms with Crippen LogP contribution >= 0.6 is 0 Å². The third-order valence-corrected chi connectivity index (χ3v) is 9.40. The molecule has 2 saturated heterocycles. The number of amides is 1. The largest absolute Gasteiger partial charge is 0.376 e. The van der Waals surface area contributed by atoms with E-state index in [0.717, 1.165) is 48.7 Å². The van der Waals surface area contributed by atoms with Gasteiger partial charge in [0.15, 0.2) is 0 Å². The van der Waals surface area contributed by atoms with E-state index < -0.39 is 11.7 Å². The van der Waals surface area contributed by atoms with Crippen LogP contribution in [0.1, 0.15) is 61.6 Å². The van der Waals surface area contributed by atoms with Crippen LogP contribution in [0.5, 0.6) is 0 Å². The number of benzene rings is 1. The minimum absolute atomic E-state index is 0.0350. The molecule has 8 heteroatoms. The van der Waals surface area contributed by atoms with Crippen LogP contribution in [0.25, 0.3) is 10.8 Å². The maximum absolute atomic E-state index is 14.5. The lowest BCUT2D eigenvalue weighted by molar-refractivity contribution is -0.117. The number of halogens is 1. The van der Waals surface area contributed by atoms with Crippen molar-refractivity contribution in [2.75, 3.05) is 31.6 Å². The van der Waals surface area contributed by atoms with Crippen LogP contribution in [-0.4, -0.2) is 63.6 Å². The first kappa shape index (κ1) is 25.4. The Balaban J connectivity index is 1.16. The zero-order valence-corrected chi connectivity index (χ0v) is 22.8. The number of aromatic nitrogens is 3. The zero-order valence-electron chi connectivity index (χ0n) is 22.8. The smallest absolute Gasteiger partial charge is 0.229 e. The number of aryl methyl sites for hydroxylation is 2. The van der Waals surface area contributed by atoms with E-state index in [2.05, 4.69) is 46.3 Å². The van der Waals surface area contributed by atoms with Gasteiger partial charge >= 0.3 is 0 Å². The molecule has 6 rings (SSSR count). The second-order valence-corrected chi connectivity index (χ2v) is 11.8. The number of nitrogens with one attached hydrogen (secondary N) is 1. The van der Waals surface area contributed by atoms with Crippen molar-refractivity contribution in [2.45, 2.75) is 63.6 Å². The Morgan fingerprint density at radius 2 is 2.00 bits per heavy atom. The van der Waals surface area contributed by atoms with E-state index in [1.807, 2.05) is 38.6 Å². The lowest BCUT2D eigenvalue weighted by Gasteiger charge is -2.43. The number of anilines is 1. The summed E-state index contributed by atoms with van der Waals surface area (Å²) in [7, 11) is 1.91. The highest BCUT2D eigenvalue weighted by Gasteiger charge is 2.54. The Bertz CT molecular complexity index is 1350. The molecule has 1 saturated carbocycles. The Morgan fingerprint density at radius 1 is 1.21 bits per heavy atom. The molecule has 1 aliphatic carbocycles. The summed E-state index contributed by atoms with van der Waals surface area (Å²) in [5, 5.41) is 9.55. The Hall–Kier alpha value is -2.84. The summed E-state index contributed by atoms with van der Waals surface area (Å²) >= 11 is 0. The first-order chi connectivity index (χ1) is 18.3. The number of hydrogen-bond acceptors (Lipinski definition) is 5. The highest BCUT2D eigenvalue weighted by atomic mass is 19.1. The Labute approximate surface area is 223 Å². The zero-order chi connectivity index (χ0) is 26.6. The van der Waals surface area contributed by atoms with Crippen LogP contribution in [0, 0.1) is 18.8 Å². The number of carbonyl (C=O) groups is 1. The summed E-state index contributed by atoms with van der Waals surface area (Å²) in [5.41, 5.74) is 3.23. The number of hydrogen-bond donors (Lipinski definition) is 1. The van der Waals surface area contributed by atoms with Gasteiger partial charge in [0.1, 0.15) is 12.0 Å². The third kappa shape index (κ3) is 4.41. The molecular weight excluding hydrogens is 481 g/mol. The molecule has 2 aliphatic heterocycles. The second-order valence-electron chi connectivity index (χ2n) is 11.8. The van der Waals surface area contributed by atoms with Crippen molar-refractivity contribution in [1.82, 2.24) is 19.7 Å². The predicted octanol–water partition coefficient (Wildman–Crippen LogP) is 4.96. The number of nitrogens with zero attached hydrogens (tertiary/aromatic N) is 4. The van der Waals surface area contributed by atoms with Gasteiger partial charge in [0.05, 0.1) is 24.9 Å². The SMILES string of the molecule is CCC1C(C(=O)Nc2cc3cc(C4CCN([C@]5(C)COC[C@@H]5F)CC4)c(C)cc3cn2)C1c1cnn(C)c1. The summed E-state index contributed by atoms with van der Waals surface area (Å²) in [6.45, 7) is 8.73. The van der Waals surface area contributed by atoms with Gasteiger partial charge in [-0.25, -0.2) is 9.37 Å². The van der Waals surface area contributed by atoms with E-state index in [1.54, 1.807) is 4.68 Å². The van der Waals surface area contributed by atoms with Gasteiger partial charge in [-0.1, -0.05) is 19.4 Å². The monoisotopic (exact) mass is 519 g/mol. The van der Waals surface area contributed by atoms with Gasteiger partial charge in [-0.15, -0.1) is 0 Å². The van der Waals surface area contributed by atoms with Gasteiger partial charge in [0, 0.05) is 36.7 Å². The molecule has 3 fully saturated rings. The van der Waals surface area contributed by atoms with E-state index in [9.17, 15) is 9.18 Å². The van der Waals surface area contributed by atoms with Gasteiger partial charge < -0.3 is 10.1 Å². The van der Waals surface area contributed by atoms with E-state index >= 15 is 0 Å². The second kappa shape index (κ2) is 9.72. The number of pyridine rings is 1. The third-order valence-electron chi connectivity index (χ3n) is 9.40. The van der Waals surface area contributed by atoms with Crippen LogP contribution in [0.3, 0.4) is 0 Å². The van der Waals surface area contributed by atoms with Gasteiger partial charge in [-0.3, -0.25) is 14.4 Å². The number of carbonyl (C=O) groups excluding carboxylic acids is 1. The van der Waals surface area contributed by atoms with Crippen LogP contribution in [-0.2, 0) is 16.6 Å². The van der Waals surface area contributed by atoms with Gasteiger partial charge in [0.2, 0.25) is 5.91 Å². The topological polar surface area (TPSA) is 72.3 Å². The fourth-order valence-corrected chi connectivity index (χ4v) is 6.98. The van der Waals surface area contributed by atoms with E-state index in [0.29, 0.717) is 24.3 Å². The molecule has 5 atom stereocenters. The van der Waals surface area contributed by atoms with Crippen molar-refractivity contribution in [2.24, 2.45) is 18.9 Å². The molecule has 202 valence electrons. The first-order valence-electron chi connectivity index (χ1n) is 13.9. The molecule has 3 aliphatic rings. The van der Waals surface area contributed by atoms with E-state index in [-0.39, 0.29) is 24.3 Å². The number of rotatable bonds is 6. The molecule has 4 heterocycles. The molecule has 7 nitrogen and oxygen atoms in total. The van der Waals surface area contributed by atoms with E-state index in [1.165, 1.54) is 11.1 Å². The Morgan fingerprint density at radius 3 is 2.66 bits per heavy atom. The maximum atomic E-state index is 14.5. The summed E-state index contributed by atoms with van der Waals surface area (Å²) in [5.74, 6) is 1.58. The van der Waals surface area contributed by atoms with Crippen molar-refractivity contribution < 1.29 is 13.9 Å². The predicted molar refractivity (Wildman–Crippen MR) is 146 cm³/mol. The molecule has 3 aromatic rings. The van der Waals surface area contributed by atoms with Gasteiger partial charge in [-0.2, -0.15) is 5.10 Å². The van der Waals surface area contributed by atoms with Crippen molar-refractivity contribution in [3.63, 3.8) is 0 Å². The summed E-state index contributed by atoms with van der Waals surface area (Å²) in [4.78, 5) is 20.1. The number of fused-ring (bicyclic) bond motifs is 1. The molecule has 38 heavy (non-hydrogen) atoms. The number of piperidine rings is 1. The molecular formula is C30H38FN5O2. The lowest BCUT2D eigenvalue weighted by Crippen LogP contribution is -2.55. The number of alkyl halides is 1. The summed E-state index contributed by atoms with van der Waals surface area (Å²) in [6.07, 6.45) is 7.78. The lowest BCUT2D eigenvalue weighted by atomic mass is 9.83. The normalized spacial score (nSPS) is 30.1. The molecule has 1 amide bonds. The first-order valence-corrected chi connectivity index (χ1v) is 13.9. The van der Waals surface area contributed by atoms with Crippen molar-refractivity contribution in [1.29, 1.82) is 0 Å². The van der Waals surface area contributed by atoms with Crippen LogP contribution in [0.4, 0.5) is 10.2 Å². The summed E-state index contributed by atoms with van der Waals surface area (Å²) in [6, 6.07) is 6.47. The molecule has 0 radical (unpaired) electrons. The van der Waals surface area contributed by atoms with Crippen molar-refractivity contribution in [3.05, 3.63) is 53.5 Å². The van der Waals surface area contributed by atoms with Crippen LogP contribution in [0.2, 0.25) is 0 Å². The average molecular weight is 520 g/mol. The molecule has 1 N–H and O–H groups in total. The van der Waals surface area contributed by atoms with E-state index in [4.69, 9.17) is 4.74 Å². The number of likely N-dealkylation sites (tertiary alicyclic amines) is 1. The Kier molecular flexibility index (Phi) is 6.51. The van der Waals surface area contributed by atoms with Gasteiger partial charge in [0.25, 0.3) is 0 Å². The highest BCUT2D eigenvalue weighted by Crippen LogP contribution is 2.56. The van der Waals surface area contributed by atoms with Gasteiger partial charge in [-0.05, 0) is 85.8 Å². The molecule has 3 unspecified atom stereocenters. The molecule has 2 aromatic heterocycles. The average Bonchev–Trinajstić information content (AvgIpc) is 3.33. The minimum Gasteiger partial charge on any atom is -0.376 e. The summed E-state index contributed by atoms with van der Waals surface area (Å²) < 4.78 is 21.8. The standard InChI is InChI=1S/C30H38FN5O2/c1-5-23-27(22-14-33-35(4)15-22)28(23)29(37)34-26-12-20-11-24(18(2)10-21(20)13-32-26)19-6-8-36(9-7-19)30(3)17-38-16-25(30)31/h10-15,19,23,25,27-28H,5-9,16-17H2,1-4H3,(H,32,34,37)/t23?,25-,27?,28?,30+/m0/s1. The maximum Gasteiger partial charge on any atom is 0.229 e. The fourth-order valence-electron chi connectivity index (χ4n) is 6.98. The fraction of sp³-hybridized carbons (Fsp3) is 0.567. The molecule has 0 spiro atoms. The highest BCUT2D eigenvalue weighted by molar-refractivity contribution is 5.97. The molecule has 0 bridgehead atoms. The molecule has 1 aromatic carbocycles. The van der Waals surface area contributed by atoms with Crippen molar-refractivity contribution >= 4 is 22.5 Å². The number of ether oxygens (including phenoxy) is 1. The van der Waals surface area contributed by atoms with Crippen molar-refractivity contribution in [3.8, 4) is 0 Å².